The largest absolute Gasteiger partial charge is 0.391 e. The van der Waals surface area contributed by atoms with Gasteiger partial charge >= 0.3 is 0 Å². The smallest absolute Gasteiger partial charge is 0.254 e. The van der Waals surface area contributed by atoms with E-state index in [1.54, 1.807) is 13.0 Å². The lowest BCUT2D eigenvalue weighted by atomic mass is 9.91. The average molecular weight is 536 g/mol. The number of anilines is 1. The Balaban J connectivity index is 1.28. The Bertz CT molecular complexity index is 1210. The Morgan fingerprint density at radius 1 is 1.10 bits per heavy atom. The van der Waals surface area contributed by atoms with Crippen LogP contribution in [-0.2, 0) is 16.0 Å². The molecule has 2 aromatic carbocycles. The maximum atomic E-state index is 15.4. The van der Waals surface area contributed by atoms with Gasteiger partial charge in [0.05, 0.1) is 23.4 Å². The van der Waals surface area contributed by atoms with E-state index >= 15 is 4.39 Å². The fraction of sp³-hybridized carbons (Fsp3) is 0.516. The second kappa shape index (κ2) is 11.9. The summed E-state index contributed by atoms with van der Waals surface area (Å²) in [5.74, 6) is -0.837. The molecular weight excluding hydrogens is 497 g/mol. The van der Waals surface area contributed by atoms with Gasteiger partial charge in [0, 0.05) is 24.9 Å². The molecule has 2 bridgehead atoms. The van der Waals surface area contributed by atoms with Crippen LogP contribution >= 0.6 is 0 Å². The lowest BCUT2D eigenvalue weighted by Crippen LogP contribution is -2.47. The number of halogens is 1. The molecule has 2 aliphatic carbocycles. The molecule has 3 aliphatic rings. The minimum atomic E-state index is -1.03. The number of aliphatic hydroxyl groups is 1. The molecule has 2 saturated carbocycles. The third kappa shape index (κ3) is 6.16. The van der Waals surface area contributed by atoms with Crippen LogP contribution in [0.3, 0.4) is 0 Å². The van der Waals surface area contributed by atoms with Crippen LogP contribution in [0, 0.1) is 23.6 Å². The summed E-state index contributed by atoms with van der Waals surface area (Å²) in [5.41, 5.74) is 0.813. The molecule has 1 heterocycles. The van der Waals surface area contributed by atoms with Gasteiger partial charge in [-0.1, -0.05) is 49.7 Å². The Labute approximate surface area is 229 Å². The molecule has 4 unspecified atom stereocenters. The number of carbonyl (C=O) groups excluding carboxylic acids is 3. The molecule has 1 aliphatic heterocycles. The average Bonchev–Trinajstić information content (AvgIpc) is 3.66. The third-order valence-electron chi connectivity index (χ3n) is 8.77. The molecule has 1 saturated heterocycles. The van der Waals surface area contributed by atoms with Crippen molar-refractivity contribution in [1.29, 1.82) is 0 Å². The summed E-state index contributed by atoms with van der Waals surface area (Å²) in [5, 5.41) is 17.3. The van der Waals surface area contributed by atoms with Crippen molar-refractivity contribution >= 4 is 23.4 Å². The van der Waals surface area contributed by atoms with Crippen molar-refractivity contribution in [2.45, 2.75) is 76.5 Å². The van der Waals surface area contributed by atoms with E-state index in [9.17, 15) is 19.5 Å². The Hall–Kier alpha value is -3.26. The van der Waals surface area contributed by atoms with Crippen LogP contribution in [0.4, 0.5) is 10.1 Å². The summed E-state index contributed by atoms with van der Waals surface area (Å²) in [7, 11) is 0. The zero-order chi connectivity index (χ0) is 27.5. The fourth-order valence-electron chi connectivity index (χ4n) is 6.58. The van der Waals surface area contributed by atoms with E-state index in [0.29, 0.717) is 37.6 Å². The molecule has 0 aromatic heterocycles. The van der Waals surface area contributed by atoms with Crippen molar-refractivity contribution < 1.29 is 23.9 Å². The molecule has 39 heavy (non-hydrogen) atoms. The van der Waals surface area contributed by atoms with Gasteiger partial charge < -0.3 is 20.6 Å². The van der Waals surface area contributed by atoms with Crippen molar-refractivity contribution in [2.75, 3.05) is 11.4 Å². The summed E-state index contributed by atoms with van der Waals surface area (Å²) < 4.78 is 15.4. The Kier molecular flexibility index (Phi) is 8.31. The van der Waals surface area contributed by atoms with Crippen LogP contribution in [0.1, 0.15) is 67.8 Å². The molecule has 5 rings (SSSR count). The summed E-state index contributed by atoms with van der Waals surface area (Å²) in [6.45, 7) is 2.21. The van der Waals surface area contributed by atoms with Gasteiger partial charge in [0.1, 0.15) is 0 Å². The Morgan fingerprint density at radius 2 is 1.90 bits per heavy atom. The first-order valence-corrected chi connectivity index (χ1v) is 14.2. The first kappa shape index (κ1) is 27.3. The van der Waals surface area contributed by atoms with E-state index < -0.39 is 29.8 Å². The number of amides is 3. The number of benzene rings is 2. The van der Waals surface area contributed by atoms with E-state index in [2.05, 4.69) is 10.6 Å². The number of aliphatic hydroxyl groups excluding tert-OH is 1. The second-order valence-electron chi connectivity index (χ2n) is 11.6. The zero-order valence-corrected chi connectivity index (χ0v) is 22.4. The molecule has 3 N–H and O–H groups in total. The number of nitrogens with zero attached hydrogens (tertiary/aromatic N) is 1. The molecule has 3 amide bonds. The van der Waals surface area contributed by atoms with E-state index in [1.165, 1.54) is 36.3 Å². The quantitative estimate of drug-likeness (QED) is 0.429. The van der Waals surface area contributed by atoms with Crippen LogP contribution in [0.25, 0.3) is 0 Å². The van der Waals surface area contributed by atoms with Crippen LogP contribution in [0.5, 0.6) is 0 Å². The van der Waals surface area contributed by atoms with Crippen molar-refractivity contribution in [2.24, 2.45) is 17.8 Å². The summed E-state index contributed by atoms with van der Waals surface area (Å²) in [6, 6.07) is 13.4. The molecule has 8 heteroatoms. The number of fused-ring (bicyclic) bond motifs is 2. The number of nitrogens with one attached hydrogen (secondary N) is 2. The van der Waals surface area contributed by atoms with Gasteiger partial charge in [-0.3, -0.25) is 14.4 Å². The SMILES string of the molecule is C[C@H](C[C@H](O)C(Cc1ccccc1)NC(=O)c1cccc(N2CCCC2=O)c1F)C(=O)NC1CC2CCC1C2. The molecule has 2 aromatic rings. The minimum Gasteiger partial charge on any atom is -0.391 e. The van der Waals surface area contributed by atoms with Gasteiger partial charge in [0.15, 0.2) is 5.82 Å². The number of rotatable bonds is 10. The molecule has 3 fully saturated rings. The lowest BCUT2D eigenvalue weighted by molar-refractivity contribution is -0.126. The van der Waals surface area contributed by atoms with E-state index in [-0.39, 0.29) is 35.5 Å². The molecular formula is C31H38FN3O4. The van der Waals surface area contributed by atoms with Gasteiger partial charge in [-0.2, -0.15) is 0 Å². The van der Waals surface area contributed by atoms with Gasteiger partial charge in [-0.05, 0) is 68.1 Å². The van der Waals surface area contributed by atoms with Gasteiger partial charge in [-0.15, -0.1) is 0 Å². The van der Waals surface area contributed by atoms with Crippen molar-refractivity contribution in [3.63, 3.8) is 0 Å². The fourth-order valence-corrected chi connectivity index (χ4v) is 6.58. The van der Waals surface area contributed by atoms with Crippen molar-refractivity contribution in [3.05, 3.63) is 65.5 Å². The highest BCUT2D eigenvalue weighted by molar-refractivity contribution is 5.99. The molecule has 0 spiro atoms. The van der Waals surface area contributed by atoms with E-state index in [1.807, 2.05) is 30.3 Å². The normalized spacial score (nSPS) is 24.4. The van der Waals surface area contributed by atoms with Crippen molar-refractivity contribution in [3.8, 4) is 0 Å². The monoisotopic (exact) mass is 535 g/mol. The first-order chi connectivity index (χ1) is 18.8. The van der Waals surface area contributed by atoms with Gasteiger partial charge in [0.25, 0.3) is 5.91 Å². The third-order valence-corrected chi connectivity index (χ3v) is 8.77. The minimum absolute atomic E-state index is 0.0783. The summed E-state index contributed by atoms with van der Waals surface area (Å²) >= 11 is 0. The molecule has 6 atom stereocenters. The van der Waals surface area contributed by atoms with E-state index in [4.69, 9.17) is 0 Å². The summed E-state index contributed by atoms with van der Waals surface area (Å²) in [4.78, 5) is 39.8. The molecule has 208 valence electrons. The highest BCUT2D eigenvalue weighted by Gasteiger charge is 2.40. The number of carbonyl (C=O) groups is 3. The summed E-state index contributed by atoms with van der Waals surface area (Å²) in [6.07, 6.45) is 5.11. The zero-order valence-electron chi connectivity index (χ0n) is 22.4. The van der Waals surface area contributed by atoms with Gasteiger partial charge in [-0.25, -0.2) is 4.39 Å². The number of hydrogen-bond acceptors (Lipinski definition) is 4. The predicted molar refractivity (Wildman–Crippen MR) is 147 cm³/mol. The van der Waals surface area contributed by atoms with E-state index in [0.717, 1.165) is 12.0 Å². The topological polar surface area (TPSA) is 98.7 Å². The molecule has 7 nitrogen and oxygen atoms in total. The Morgan fingerprint density at radius 3 is 2.56 bits per heavy atom. The van der Waals surface area contributed by atoms with Crippen molar-refractivity contribution in [1.82, 2.24) is 10.6 Å². The molecule has 0 radical (unpaired) electrons. The van der Waals surface area contributed by atoms with Crippen LogP contribution in [0.2, 0.25) is 0 Å². The van der Waals surface area contributed by atoms with Crippen LogP contribution < -0.4 is 15.5 Å². The predicted octanol–water partition coefficient (Wildman–Crippen LogP) is 3.99. The highest BCUT2D eigenvalue weighted by Crippen LogP contribution is 2.44. The maximum absolute atomic E-state index is 15.4. The maximum Gasteiger partial charge on any atom is 0.254 e. The standard InChI is InChI=1S/C31H38FN3O4/c1-19(30(38)33-24-18-21-12-13-22(24)16-21)15-27(36)25(17-20-7-3-2-4-8-20)34-31(39)23-9-5-10-26(29(23)32)35-14-6-11-28(35)37/h2-5,7-10,19,21-22,24-25,27,36H,6,11-18H2,1H3,(H,33,38)(H,34,39)/t19-,21?,22?,24?,25?,27+/m1/s1. The first-order valence-electron chi connectivity index (χ1n) is 14.2. The number of hydrogen-bond donors (Lipinski definition) is 3. The second-order valence-corrected chi connectivity index (χ2v) is 11.6. The van der Waals surface area contributed by atoms with Gasteiger partial charge in [0.2, 0.25) is 11.8 Å². The lowest BCUT2D eigenvalue weighted by Gasteiger charge is -2.28. The van der Waals surface area contributed by atoms with Crippen LogP contribution in [-0.4, -0.2) is 47.6 Å². The van der Waals surface area contributed by atoms with Crippen LogP contribution in [0.15, 0.2) is 48.5 Å². The highest BCUT2D eigenvalue weighted by atomic mass is 19.1.